The van der Waals surface area contributed by atoms with Crippen LogP contribution in [0.25, 0.3) is 11.4 Å². The summed E-state index contributed by atoms with van der Waals surface area (Å²) in [4.78, 5) is 19.7. The number of piperidine rings is 1. The van der Waals surface area contributed by atoms with Crippen molar-refractivity contribution in [1.82, 2.24) is 19.8 Å². The van der Waals surface area contributed by atoms with Crippen LogP contribution in [0.5, 0.6) is 0 Å². The van der Waals surface area contributed by atoms with E-state index in [0.717, 1.165) is 49.8 Å². The Kier molecular flexibility index (Phi) is 6.60. The summed E-state index contributed by atoms with van der Waals surface area (Å²) in [5.74, 6) is 2.01. The Morgan fingerprint density at radius 1 is 0.969 bits per heavy atom. The predicted octanol–water partition coefficient (Wildman–Crippen LogP) is 3.52. The molecule has 0 unspecified atom stereocenters. The molecule has 0 N–H and O–H groups in total. The maximum atomic E-state index is 5.01. The van der Waals surface area contributed by atoms with Crippen LogP contribution in [-0.4, -0.2) is 85.7 Å². The van der Waals surface area contributed by atoms with Crippen LogP contribution >= 0.6 is 0 Å². The van der Waals surface area contributed by atoms with Gasteiger partial charge in [0.15, 0.2) is 5.82 Å². The summed E-state index contributed by atoms with van der Waals surface area (Å²) in [5.41, 5.74) is 3.72. The summed E-state index contributed by atoms with van der Waals surface area (Å²) >= 11 is 0. The van der Waals surface area contributed by atoms with Gasteiger partial charge in [-0.1, -0.05) is 0 Å². The summed E-state index contributed by atoms with van der Waals surface area (Å²) in [6.45, 7) is 8.21. The highest BCUT2D eigenvalue weighted by atomic mass is 15.2. The Labute approximate surface area is 193 Å². The average Bonchev–Trinajstić information content (AvgIpc) is 3.49. The van der Waals surface area contributed by atoms with Crippen LogP contribution in [0.3, 0.4) is 0 Å². The van der Waals surface area contributed by atoms with Crippen molar-refractivity contribution in [2.45, 2.75) is 44.6 Å². The molecule has 1 aromatic carbocycles. The molecule has 1 aromatic heterocycles. The first-order chi connectivity index (χ1) is 15.7. The molecular formula is C26H38N6. The predicted molar refractivity (Wildman–Crippen MR) is 133 cm³/mol. The van der Waals surface area contributed by atoms with Gasteiger partial charge in [-0.3, -0.25) is 0 Å². The van der Waals surface area contributed by atoms with Gasteiger partial charge in [0.25, 0.3) is 0 Å². The summed E-state index contributed by atoms with van der Waals surface area (Å²) in [6.07, 6.45) is 9.63. The highest BCUT2D eigenvalue weighted by molar-refractivity contribution is 5.64. The third-order valence-electron chi connectivity index (χ3n) is 7.51. The fraction of sp³-hybridized carbons (Fsp3) is 0.615. The fourth-order valence-corrected chi connectivity index (χ4v) is 5.49. The van der Waals surface area contributed by atoms with Crippen LogP contribution in [0.2, 0.25) is 0 Å². The number of hydrogen-bond donors (Lipinski definition) is 0. The van der Waals surface area contributed by atoms with E-state index in [4.69, 9.17) is 9.97 Å². The molecule has 0 amide bonds. The van der Waals surface area contributed by atoms with E-state index in [9.17, 15) is 0 Å². The molecule has 0 aliphatic carbocycles. The summed E-state index contributed by atoms with van der Waals surface area (Å²) < 4.78 is 0. The number of aromatic nitrogens is 2. The third kappa shape index (κ3) is 4.76. The van der Waals surface area contributed by atoms with Crippen LogP contribution in [0, 0.1) is 0 Å². The number of likely N-dealkylation sites (N-methyl/N-ethyl adjacent to an activating group) is 1. The molecular weight excluding hydrogens is 396 g/mol. The molecule has 0 spiro atoms. The van der Waals surface area contributed by atoms with Crippen LogP contribution in [0.1, 0.15) is 37.7 Å². The van der Waals surface area contributed by atoms with Crippen molar-refractivity contribution in [2.24, 2.45) is 0 Å². The maximum absolute atomic E-state index is 5.01. The first kappa shape index (κ1) is 21.7. The quantitative estimate of drug-likeness (QED) is 0.664. The van der Waals surface area contributed by atoms with Gasteiger partial charge in [-0.2, -0.15) is 0 Å². The van der Waals surface area contributed by atoms with E-state index in [1.807, 2.05) is 0 Å². The second-order valence-corrected chi connectivity index (χ2v) is 9.93. The van der Waals surface area contributed by atoms with Crippen molar-refractivity contribution < 1.29 is 0 Å². The van der Waals surface area contributed by atoms with Gasteiger partial charge in [0.1, 0.15) is 5.82 Å². The summed E-state index contributed by atoms with van der Waals surface area (Å²) in [6, 6.07) is 9.53. The van der Waals surface area contributed by atoms with E-state index in [2.05, 4.69) is 64.2 Å². The molecule has 5 rings (SSSR count). The van der Waals surface area contributed by atoms with Crippen LogP contribution in [0.15, 0.2) is 30.5 Å². The number of likely N-dealkylation sites (tertiary alicyclic amines) is 1. The van der Waals surface area contributed by atoms with Crippen molar-refractivity contribution in [1.29, 1.82) is 0 Å². The number of rotatable bonds is 7. The van der Waals surface area contributed by atoms with E-state index in [-0.39, 0.29) is 0 Å². The number of anilines is 2. The van der Waals surface area contributed by atoms with Crippen molar-refractivity contribution in [3.8, 4) is 11.4 Å². The number of benzene rings is 1. The number of hydrogen-bond acceptors (Lipinski definition) is 6. The van der Waals surface area contributed by atoms with E-state index < -0.39 is 0 Å². The highest BCUT2D eigenvalue weighted by Crippen LogP contribution is 2.29. The smallest absolute Gasteiger partial charge is 0.161 e. The van der Waals surface area contributed by atoms with Crippen LogP contribution in [-0.2, 0) is 6.42 Å². The Bertz CT molecular complexity index is 890. The largest absolute Gasteiger partial charge is 0.370 e. The Balaban J connectivity index is 1.24. The zero-order chi connectivity index (χ0) is 21.9. The number of nitrogens with zero attached hydrogens (tertiary/aromatic N) is 6. The van der Waals surface area contributed by atoms with Crippen LogP contribution < -0.4 is 9.80 Å². The summed E-state index contributed by atoms with van der Waals surface area (Å²) in [7, 11) is 4.39. The average molecular weight is 435 g/mol. The van der Waals surface area contributed by atoms with Gasteiger partial charge in [-0.15, -0.1) is 0 Å². The molecule has 6 nitrogen and oxygen atoms in total. The second-order valence-electron chi connectivity index (χ2n) is 9.93. The monoisotopic (exact) mass is 434 g/mol. The van der Waals surface area contributed by atoms with Crippen LogP contribution in [0.4, 0.5) is 11.5 Å². The SMILES string of the molecule is CN(C)[C@@H]1CCCN(c2ccc(-c3ncc4c(n3)N(CCCN3CCCC3)CC4)cc2)C1. The minimum absolute atomic E-state index is 0.639. The zero-order valence-corrected chi connectivity index (χ0v) is 19.8. The molecule has 0 radical (unpaired) electrons. The topological polar surface area (TPSA) is 38.7 Å². The van der Waals surface area contributed by atoms with Gasteiger partial charge in [-0.05, 0) is 96.5 Å². The van der Waals surface area contributed by atoms with E-state index in [1.165, 1.54) is 63.0 Å². The fourth-order valence-electron chi connectivity index (χ4n) is 5.49. The highest BCUT2D eigenvalue weighted by Gasteiger charge is 2.23. The molecule has 2 aromatic rings. The maximum Gasteiger partial charge on any atom is 0.161 e. The standard InChI is InChI=1S/C26H38N6/c1-29(2)24-7-5-16-32(20-24)23-10-8-21(9-11-23)25-27-19-22-12-18-31(26(22)28-25)17-6-15-30-13-3-4-14-30/h8-11,19,24H,3-7,12-18,20H2,1-2H3/t24-/m1/s1. The Morgan fingerprint density at radius 2 is 1.78 bits per heavy atom. The molecule has 172 valence electrons. The summed E-state index contributed by atoms with van der Waals surface area (Å²) in [5, 5.41) is 0. The molecule has 32 heavy (non-hydrogen) atoms. The molecule has 3 aliphatic heterocycles. The molecule has 2 fully saturated rings. The zero-order valence-electron chi connectivity index (χ0n) is 19.8. The van der Waals surface area contributed by atoms with Crippen molar-refractivity contribution in [3.63, 3.8) is 0 Å². The minimum Gasteiger partial charge on any atom is -0.370 e. The number of fused-ring (bicyclic) bond motifs is 1. The van der Waals surface area contributed by atoms with E-state index in [0.29, 0.717) is 6.04 Å². The van der Waals surface area contributed by atoms with Gasteiger partial charge in [-0.25, -0.2) is 9.97 Å². The minimum atomic E-state index is 0.639. The van der Waals surface area contributed by atoms with Crippen molar-refractivity contribution in [2.75, 3.05) is 69.7 Å². The lowest BCUT2D eigenvalue weighted by Crippen LogP contribution is -2.45. The van der Waals surface area contributed by atoms with Gasteiger partial charge in [0, 0.05) is 55.2 Å². The third-order valence-corrected chi connectivity index (χ3v) is 7.51. The Hall–Kier alpha value is -2.18. The first-order valence-corrected chi connectivity index (χ1v) is 12.5. The van der Waals surface area contributed by atoms with Gasteiger partial charge in [0.2, 0.25) is 0 Å². The van der Waals surface area contributed by atoms with Gasteiger partial charge in [0.05, 0.1) is 0 Å². The van der Waals surface area contributed by atoms with E-state index in [1.54, 1.807) is 0 Å². The normalized spacial score (nSPS) is 21.5. The molecule has 3 aliphatic rings. The molecule has 1 atom stereocenters. The molecule has 0 saturated carbocycles. The lowest BCUT2D eigenvalue weighted by Gasteiger charge is -2.37. The van der Waals surface area contributed by atoms with E-state index >= 15 is 0 Å². The lowest BCUT2D eigenvalue weighted by atomic mass is 10.0. The van der Waals surface area contributed by atoms with Crippen molar-refractivity contribution >= 4 is 11.5 Å². The van der Waals surface area contributed by atoms with Crippen molar-refractivity contribution in [3.05, 3.63) is 36.0 Å². The van der Waals surface area contributed by atoms with Gasteiger partial charge < -0.3 is 19.6 Å². The van der Waals surface area contributed by atoms with Gasteiger partial charge >= 0.3 is 0 Å². The lowest BCUT2D eigenvalue weighted by molar-refractivity contribution is 0.258. The Morgan fingerprint density at radius 3 is 2.56 bits per heavy atom. The molecule has 2 saturated heterocycles. The molecule has 0 bridgehead atoms. The first-order valence-electron chi connectivity index (χ1n) is 12.5. The molecule has 4 heterocycles. The molecule has 6 heteroatoms. The second kappa shape index (κ2) is 9.75.